The summed E-state index contributed by atoms with van der Waals surface area (Å²) in [6.07, 6.45) is -7.84. The summed E-state index contributed by atoms with van der Waals surface area (Å²) in [5.74, 6) is 0. The molecule has 1 atom stereocenters. The predicted molar refractivity (Wildman–Crippen MR) is 74.7 cm³/mol. The van der Waals surface area contributed by atoms with Crippen molar-refractivity contribution in [3.8, 4) is 0 Å². The van der Waals surface area contributed by atoms with E-state index in [1.54, 1.807) is 0 Å². The van der Waals surface area contributed by atoms with Gasteiger partial charge in [0.1, 0.15) is 13.2 Å². The molecular formula is C12H18O15-2. The molecule has 0 aromatic heterocycles. The summed E-state index contributed by atoms with van der Waals surface area (Å²) in [5, 5.41) is 35.0. The van der Waals surface area contributed by atoms with Crippen molar-refractivity contribution in [3.05, 3.63) is 0 Å². The van der Waals surface area contributed by atoms with Crippen LogP contribution in [0.1, 0.15) is 6.92 Å². The molecule has 0 aromatic rings. The molecule has 0 rings (SSSR count). The van der Waals surface area contributed by atoms with Gasteiger partial charge in [0.25, 0.3) is 12.3 Å². The van der Waals surface area contributed by atoms with Crippen molar-refractivity contribution in [3.63, 3.8) is 0 Å². The summed E-state index contributed by atoms with van der Waals surface area (Å²) in [5.41, 5.74) is 0. The molecule has 0 saturated heterocycles. The highest BCUT2D eigenvalue weighted by atomic mass is 16.7. The van der Waals surface area contributed by atoms with E-state index < -0.39 is 36.9 Å². The summed E-state index contributed by atoms with van der Waals surface area (Å²) < 4.78 is 23.8. The van der Waals surface area contributed by atoms with Gasteiger partial charge in [0, 0.05) is 0 Å². The Kier molecular flexibility index (Phi) is 19.5. The topological polar surface area (TPSA) is 227 Å². The number of rotatable bonds is 6. The van der Waals surface area contributed by atoms with Crippen LogP contribution in [0.15, 0.2) is 0 Å². The lowest BCUT2D eigenvalue weighted by molar-refractivity contribution is -0.288. The first-order chi connectivity index (χ1) is 12.5. The molecule has 0 fully saturated rings. The molecule has 0 aromatic carbocycles. The highest BCUT2D eigenvalue weighted by Gasteiger charge is 2.03. The van der Waals surface area contributed by atoms with Gasteiger partial charge in [-0.1, -0.05) is 0 Å². The van der Waals surface area contributed by atoms with Gasteiger partial charge in [-0.25, -0.2) is 14.4 Å². The van der Waals surface area contributed by atoms with Gasteiger partial charge >= 0.3 is 18.5 Å². The Bertz CT molecular complexity index is 438. The van der Waals surface area contributed by atoms with Crippen LogP contribution in [0.4, 0.5) is 24.0 Å². The van der Waals surface area contributed by atoms with Crippen molar-refractivity contribution < 1.29 is 72.8 Å². The third kappa shape index (κ3) is 34.6. The first kappa shape index (κ1) is 28.2. The van der Waals surface area contributed by atoms with Crippen molar-refractivity contribution >= 4 is 30.8 Å². The predicted octanol–water partition coefficient (Wildman–Crippen LogP) is -1.13. The summed E-state index contributed by atoms with van der Waals surface area (Å²) in [6, 6.07) is 0. The molecular weight excluding hydrogens is 384 g/mol. The second-order valence-corrected chi connectivity index (χ2v) is 3.63. The van der Waals surface area contributed by atoms with Crippen LogP contribution >= 0.6 is 0 Å². The molecule has 0 spiro atoms. The van der Waals surface area contributed by atoms with Crippen LogP contribution in [0.5, 0.6) is 0 Å². The van der Waals surface area contributed by atoms with Crippen molar-refractivity contribution in [2.24, 2.45) is 0 Å². The number of methoxy groups -OCH3 is 2. The van der Waals surface area contributed by atoms with Crippen LogP contribution in [-0.4, -0.2) is 81.1 Å². The Morgan fingerprint density at radius 1 is 0.815 bits per heavy atom. The van der Waals surface area contributed by atoms with E-state index in [1.165, 1.54) is 21.1 Å². The maximum Gasteiger partial charge on any atom is 0.507 e. The summed E-state index contributed by atoms with van der Waals surface area (Å²) >= 11 is 0. The Hall–Kier alpha value is -3.65. The Labute approximate surface area is 151 Å². The molecule has 0 radical (unpaired) electrons. The van der Waals surface area contributed by atoms with E-state index in [-0.39, 0.29) is 19.8 Å². The number of ether oxygens (including phenoxy) is 6. The number of carbonyl (C=O) groups is 5. The normalized spacial score (nSPS) is 9.44. The van der Waals surface area contributed by atoms with Crippen LogP contribution in [0.25, 0.3) is 0 Å². The molecule has 0 amide bonds. The highest BCUT2D eigenvalue weighted by Crippen LogP contribution is 1.91. The lowest BCUT2D eigenvalue weighted by Gasteiger charge is -2.15. The van der Waals surface area contributed by atoms with Crippen molar-refractivity contribution in [2.75, 3.05) is 34.0 Å². The van der Waals surface area contributed by atoms with E-state index in [0.29, 0.717) is 0 Å². The van der Waals surface area contributed by atoms with Crippen molar-refractivity contribution in [1.82, 2.24) is 0 Å². The zero-order chi connectivity index (χ0) is 21.8. The molecule has 15 heteroatoms. The Morgan fingerprint density at radius 2 is 1.26 bits per heavy atom. The third-order valence-corrected chi connectivity index (χ3v) is 1.60. The fourth-order valence-electron chi connectivity index (χ4n) is 0.724. The van der Waals surface area contributed by atoms with Gasteiger partial charge < -0.3 is 58.4 Å². The molecule has 0 heterocycles. The first-order valence-electron chi connectivity index (χ1n) is 6.50. The van der Waals surface area contributed by atoms with Gasteiger partial charge in [-0.05, 0) is 6.92 Å². The number of hydrogen-bond donors (Lipinski definition) is 2. The van der Waals surface area contributed by atoms with E-state index in [9.17, 15) is 34.2 Å². The largest absolute Gasteiger partial charge is 0.546 e. The van der Waals surface area contributed by atoms with Gasteiger partial charge in [-0.3, -0.25) is 0 Å². The maximum absolute atomic E-state index is 9.75. The summed E-state index contributed by atoms with van der Waals surface area (Å²) in [6.45, 7) is 0.361. The lowest BCUT2D eigenvalue weighted by atomic mass is 10.4. The average Bonchev–Trinajstić information content (AvgIpc) is 2.56. The minimum atomic E-state index is -1.70. The van der Waals surface area contributed by atoms with Crippen LogP contribution in [0.3, 0.4) is 0 Å². The Morgan fingerprint density at radius 3 is 1.56 bits per heavy atom. The molecule has 0 bridgehead atoms. The summed E-state index contributed by atoms with van der Waals surface area (Å²) in [7, 11) is 2.51. The van der Waals surface area contributed by atoms with Gasteiger partial charge in [0.05, 0.1) is 26.9 Å². The zero-order valence-electron chi connectivity index (χ0n) is 14.4. The molecule has 0 aliphatic carbocycles. The second-order valence-electron chi connectivity index (χ2n) is 3.63. The number of hydrogen-bond acceptors (Lipinski definition) is 13. The SMILES string of the molecule is CC(COC(=O)O)OC(=O)[O-].COC(=O)OC.O=C([O-])OCCOC(=O)O. The van der Waals surface area contributed by atoms with Crippen molar-refractivity contribution in [1.29, 1.82) is 0 Å². The molecule has 1 unspecified atom stereocenters. The van der Waals surface area contributed by atoms with E-state index in [0.717, 1.165) is 0 Å². The number of carbonyl (C=O) groups excluding carboxylic acids is 3. The van der Waals surface area contributed by atoms with Crippen LogP contribution in [-0.2, 0) is 28.4 Å². The third-order valence-electron chi connectivity index (χ3n) is 1.60. The highest BCUT2D eigenvalue weighted by molar-refractivity contribution is 5.59. The zero-order valence-corrected chi connectivity index (χ0v) is 14.4. The molecule has 2 N–H and O–H groups in total. The molecule has 15 nitrogen and oxygen atoms in total. The minimum absolute atomic E-state index is 0.316. The Balaban J connectivity index is -0.000000334. The molecule has 158 valence electrons. The standard InChI is InChI=1S/C5H8O6.C4H6O6.C3H6O3/c1-3(11-5(8)9)2-10-4(6)7;5-3(6)9-1-2-10-4(7)8;1-5-3(4)6-2/h3H,2H2,1H3,(H,6,7)(H,8,9);1-2H2,(H,5,6)(H,7,8);1-2H3/p-2. The van der Waals surface area contributed by atoms with Crippen LogP contribution in [0, 0.1) is 0 Å². The smallest absolute Gasteiger partial charge is 0.507 e. The minimum Gasteiger partial charge on any atom is -0.546 e. The summed E-state index contributed by atoms with van der Waals surface area (Å²) in [4.78, 5) is 48.3. The monoisotopic (exact) mass is 402 g/mol. The quantitative estimate of drug-likeness (QED) is 0.304. The van der Waals surface area contributed by atoms with E-state index in [4.69, 9.17) is 10.2 Å². The molecule has 0 aliphatic rings. The first-order valence-corrected chi connectivity index (χ1v) is 6.50. The van der Waals surface area contributed by atoms with Gasteiger partial charge in [0.15, 0.2) is 0 Å². The fraction of sp³-hybridized carbons (Fsp3) is 0.583. The van der Waals surface area contributed by atoms with Gasteiger partial charge in [-0.15, -0.1) is 0 Å². The van der Waals surface area contributed by atoms with E-state index in [2.05, 4.69) is 28.4 Å². The van der Waals surface area contributed by atoms with E-state index >= 15 is 0 Å². The van der Waals surface area contributed by atoms with Gasteiger partial charge in [-0.2, -0.15) is 0 Å². The maximum atomic E-state index is 9.75. The van der Waals surface area contributed by atoms with E-state index in [1.807, 2.05) is 0 Å². The number of carboxylic acid groups (broad SMARTS) is 4. The van der Waals surface area contributed by atoms with Gasteiger partial charge in [0.2, 0.25) is 0 Å². The molecule has 27 heavy (non-hydrogen) atoms. The van der Waals surface area contributed by atoms with Crippen LogP contribution in [0.2, 0.25) is 0 Å². The average molecular weight is 402 g/mol. The lowest BCUT2D eigenvalue weighted by Crippen LogP contribution is -2.30. The van der Waals surface area contributed by atoms with Crippen LogP contribution < -0.4 is 10.2 Å². The second kappa shape index (κ2) is 18.7. The van der Waals surface area contributed by atoms with Crippen molar-refractivity contribution in [2.45, 2.75) is 13.0 Å². The molecule has 0 aliphatic heterocycles. The fourth-order valence-corrected chi connectivity index (χ4v) is 0.724. The molecule has 0 saturated carbocycles.